The van der Waals surface area contributed by atoms with Crippen LogP contribution >= 0.6 is 0 Å². The predicted octanol–water partition coefficient (Wildman–Crippen LogP) is -0.872. The van der Waals surface area contributed by atoms with Gasteiger partial charge in [-0.3, -0.25) is 4.98 Å². The fraction of sp³-hybridized carbons (Fsp3) is 0.444. The Kier molecular flexibility index (Phi) is 5.47. The zero-order valence-corrected chi connectivity index (χ0v) is 12.1. The molecule has 1 aliphatic heterocycles. The Morgan fingerprint density at radius 2 is 2.06 bits per heavy atom. The second-order valence-corrected chi connectivity index (χ2v) is 3.72. The molecule has 0 unspecified atom stereocenters. The van der Waals surface area contributed by atoms with Gasteiger partial charge >= 0.3 is 58.4 Å². The summed E-state index contributed by atoms with van der Waals surface area (Å²) in [6, 6.07) is 1.66. The molecule has 0 saturated carbocycles. The average Bonchev–Trinajstić information content (AvgIpc) is 2.02. The quantitative estimate of drug-likeness (QED) is 0.655. The van der Waals surface area contributed by atoms with Crippen LogP contribution in [0.15, 0.2) is 18.5 Å². The fourth-order valence-corrected chi connectivity index (χ4v) is 1.67. The van der Waals surface area contributed by atoms with E-state index in [-0.39, 0.29) is 57.3 Å². The number of hydrogen-bond acceptors (Lipinski definition) is 2. The van der Waals surface area contributed by atoms with Crippen LogP contribution < -0.4 is 51.4 Å². The van der Waals surface area contributed by atoms with Crippen molar-refractivity contribution in [3.63, 3.8) is 0 Å². The van der Waals surface area contributed by atoms with Gasteiger partial charge in [0.25, 0.3) is 0 Å². The average molecular weight is 255 g/mol. The number of halogens is 3. The Morgan fingerprint density at radius 3 is 2.56 bits per heavy atom. The number of hydrogen-bond donors (Lipinski definition) is 0. The third kappa shape index (κ3) is 3.82. The molecule has 1 aromatic rings. The van der Waals surface area contributed by atoms with Gasteiger partial charge in [-0.15, -0.1) is 0 Å². The third-order valence-corrected chi connectivity index (χ3v) is 2.47. The van der Waals surface area contributed by atoms with Crippen LogP contribution in [0.4, 0.5) is 12.9 Å². The molecule has 0 atom stereocenters. The van der Waals surface area contributed by atoms with Crippen LogP contribution in [0.5, 0.6) is 0 Å². The standard InChI is InChI=1S/C9H10BF3NO.K/c11-10(12,13)3-7-4-14-2-1-9(7)8-5-15-6-8;/h1-2,4,8H,3,5-6H2;/q-1;+1. The van der Waals surface area contributed by atoms with Crippen molar-refractivity contribution in [2.75, 3.05) is 13.2 Å². The maximum absolute atomic E-state index is 12.3. The zero-order valence-electron chi connectivity index (χ0n) is 9.00. The number of rotatable bonds is 3. The Bertz CT molecular complexity index is 357. The number of ether oxygens (including phenoxy) is 1. The van der Waals surface area contributed by atoms with Gasteiger partial charge < -0.3 is 17.7 Å². The van der Waals surface area contributed by atoms with Crippen molar-refractivity contribution < 1.29 is 69.1 Å². The molecule has 0 aliphatic carbocycles. The van der Waals surface area contributed by atoms with Crippen LogP contribution in [-0.2, 0) is 11.1 Å². The van der Waals surface area contributed by atoms with Crippen molar-refractivity contribution in [3.8, 4) is 0 Å². The molecule has 0 bridgehead atoms. The van der Waals surface area contributed by atoms with Crippen molar-refractivity contribution in [1.29, 1.82) is 0 Å². The van der Waals surface area contributed by atoms with E-state index in [0.717, 1.165) is 5.56 Å². The van der Waals surface area contributed by atoms with Gasteiger partial charge in [-0.25, -0.2) is 0 Å². The Hall–Kier alpha value is 0.601. The van der Waals surface area contributed by atoms with Gasteiger partial charge in [0, 0.05) is 18.3 Å². The van der Waals surface area contributed by atoms with Crippen molar-refractivity contribution in [2.24, 2.45) is 0 Å². The second-order valence-electron chi connectivity index (χ2n) is 3.72. The van der Waals surface area contributed by atoms with Gasteiger partial charge in [-0.1, -0.05) is 11.9 Å². The summed E-state index contributed by atoms with van der Waals surface area (Å²) in [5, 5.41) is 0. The normalized spacial score (nSPS) is 16.4. The van der Waals surface area contributed by atoms with Gasteiger partial charge in [0.2, 0.25) is 0 Å². The van der Waals surface area contributed by atoms with Gasteiger partial charge in [-0.2, -0.15) is 0 Å². The van der Waals surface area contributed by atoms with E-state index in [1.54, 1.807) is 6.07 Å². The minimum absolute atomic E-state index is 0. The van der Waals surface area contributed by atoms with Gasteiger partial charge in [0.05, 0.1) is 13.2 Å². The molecule has 82 valence electrons. The summed E-state index contributed by atoms with van der Waals surface area (Å²) in [6.07, 6.45) is 1.99. The first-order valence-corrected chi connectivity index (χ1v) is 4.78. The van der Waals surface area contributed by atoms with E-state index in [2.05, 4.69) is 4.98 Å². The fourth-order valence-electron chi connectivity index (χ4n) is 1.67. The van der Waals surface area contributed by atoms with E-state index in [0.29, 0.717) is 18.8 Å². The summed E-state index contributed by atoms with van der Waals surface area (Å²) in [5.74, 6) is 0.112. The summed E-state index contributed by atoms with van der Waals surface area (Å²) >= 11 is 0. The van der Waals surface area contributed by atoms with E-state index < -0.39 is 13.3 Å². The van der Waals surface area contributed by atoms with Crippen LogP contribution in [0, 0.1) is 0 Å². The molecular formula is C9H10BF3KNO. The Balaban J connectivity index is 0.00000128. The zero-order chi connectivity index (χ0) is 10.9. The summed E-state index contributed by atoms with van der Waals surface area (Å²) in [5.41, 5.74) is 1.02. The largest absolute Gasteiger partial charge is 1.00 e. The molecule has 16 heavy (non-hydrogen) atoms. The summed E-state index contributed by atoms with van der Waals surface area (Å²) in [7, 11) is 0. The van der Waals surface area contributed by atoms with Crippen molar-refractivity contribution in [3.05, 3.63) is 29.6 Å². The SMILES string of the molecule is F[B-](F)(F)Cc1cnccc1C1COC1.[K+]. The van der Waals surface area contributed by atoms with Crippen LogP contribution in [0.25, 0.3) is 0 Å². The molecule has 0 aromatic carbocycles. The molecule has 7 heteroatoms. The summed E-state index contributed by atoms with van der Waals surface area (Å²) in [4.78, 5) is 3.74. The molecule has 2 rings (SSSR count). The third-order valence-electron chi connectivity index (χ3n) is 2.47. The molecule has 2 nitrogen and oxygen atoms in total. The molecule has 1 fully saturated rings. The van der Waals surface area contributed by atoms with Crippen molar-refractivity contribution in [2.45, 2.75) is 12.2 Å². The smallest absolute Gasteiger partial charge is 0.449 e. The molecule has 0 radical (unpaired) electrons. The monoisotopic (exact) mass is 255 g/mol. The first-order valence-electron chi connectivity index (χ1n) is 4.78. The van der Waals surface area contributed by atoms with Crippen LogP contribution in [0.3, 0.4) is 0 Å². The van der Waals surface area contributed by atoms with E-state index in [1.165, 1.54) is 12.4 Å². The van der Waals surface area contributed by atoms with E-state index in [4.69, 9.17) is 4.74 Å². The molecule has 0 spiro atoms. The predicted molar refractivity (Wildman–Crippen MR) is 50.6 cm³/mol. The number of aromatic nitrogens is 1. The Labute approximate surface area is 134 Å². The maximum atomic E-state index is 12.3. The second kappa shape index (κ2) is 5.97. The minimum Gasteiger partial charge on any atom is -0.449 e. The van der Waals surface area contributed by atoms with Crippen LogP contribution in [0.1, 0.15) is 17.0 Å². The van der Waals surface area contributed by atoms with Gasteiger partial charge in [0.1, 0.15) is 0 Å². The molecule has 0 amide bonds. The number of nitrogens with zero attached hydrogens (tertiary/aromatic N) is 1. The van der Waals surface area contributed by atoms with Gasteiger partial charge in [0.15, 0.2) is 0 Å². The molecule has 1 saturated heterocycles. The van der Waals surface area contributed by atoms with Crippen LogP contribution in [0.2, 0.25) is 0 Å². The molecular weight excluding hydrogens is 245 g/mol. The van der Waals surface area contributed by atoms with E-state index in [9.17, 15) is 12.9 Å². The molecule has 1 aromatic heterocycles. The topological polar surface area (TPSA) is 22.1 Å². The van der Waals surface area contributed by atoms with Crippen LogP contribution in [-0.4, -0.2) is 25.2 Å². The van der Waals surface area contributed by atoms with Crippen molar-refractivity contribution in [1.82, 2.24) is 4.98 Å². The minimum atomic E-state index is -4.79. The summed E-state index contributed by atoms with van der Waals surface area (Å²) in [6.45, 7) is -3.76. The first kappa shape index (κ1) is 14.7. The Morgan fingerprint density at radius 1 is 1.38 bits per heavy atom. The first-order chi connectivity index (χ1) is 7.06. The number of pyridine rings is 1. The molecule has 2 heterocycles. The molecule has 0 N–H and O–H groups in total. The van der Waals surface area contributed by atoms with Gasteiger partial charge in [-0.05, 0) is 11.6 Å². The molecule has 1 aliphatic rings. The maximum Gasteiger partial charge on any atom is 1.00 e. The van der Waals surface area contributed by atoms with E-state index >= 15 is 0 Å². The summed E-state index contributed by atoms with van der Waals surface area (Å²) < 4.78 is 41.9. The van der Waals surface area contributed by atoms with E-state index in [1.807, 2.05) is 0 Å². The van der Waals surface area contributed by atoms with Crippen molar-refractivity contribution >= 4 is 6.98 Å².